The Bertz CT molecular complexity index is 406. The van der Waals surface area contributed by atoms with Crippen LogP contribution in [0.25, 0.3) is 0 Å². The molecule has 0 unspecified atom stereocenters. The summed E-state index contributed by atoms with van der Waals surface area (Å²) in [5.74, 6) is -0.0747. The Morgan fingerprint density at radius 2 is 2.00 bits per heavy atom. The summed E-state index contributed by atoms with van der Waals surface area (Å²) in [6.07, 6.45) is 4.35. The van der Waals surface area contributed by atoms with Crippen LogP contribution in [0.1, 0.15) is 13.8 Å². The standard InChI is InChI=1S/C10H11N3O2/c1-7(14)9(8(2)15)6-13-10-11-4-3-5-12-10/h3-6,14H,1-2H3/b9-7+,13-6+. The molecule has 0 spiro atoms. The third-order valence-electron chi connectivity index (χ3n) is 1.63. The number of ketones is 1. The van der Waals surface area contributed by atoms with Crippen molar-refractivity contribution in [1.82, 2.24) is 9.97 Å². The summed E-state index contributed by atoms with van der Waals surface area (Å²) in [6, 6.07) is 1.66. The fraction of sp³-hybridized carbons (Fsp3) is 0.200. The first-order valence-corrected chi connectivity index (χ1v) is 4.33. The second kappa shape index (κ2) is 4.99. The van der Waals surface area contributed by atoms with Crippen LogP contribution in [0.4, 0.5) is 5.95 Å². The van der Waals surface area contributed by atoms with Crippen LogP contribution in [0.15, 0.2) is 34.8 Å². The van der Waals surface area contributed by atoms with Crippen molar-refractivity contribution >= 4 is 17.9 Å². The summed E-state index contributed by atoms with van der Waals surface area (Å²) >= 11 is 0. The molecule has 0 amide bonds. The van der Waals surface area contributed by atoms with Crippen molar-refractivity contribution in [3.05, 3.63) is 29.8 Å². The Morgan fingerprint density at radius 3 is 2.47 bits per heavy atom. The van der Waals surface area contributed by atoms with Gasteiger partial charge in [-0.15, -0.1) is 0 Å². The van der Waals surface area contributed by atoms with Crippen molar-refractivity contribution < 1.29 is 9.90 Å². The molecule has 0 fully saturated rings. The number of allylic oxidation sites excluding steroid dienone is 2. The summed E-state index contributed by atoms with van der Waals surface area (Å²) in [7, 11) is 0. The highest BCUT2D eigenvalue weighted by Gasteiger charge is 2.04. The molecule has 0 saturated heterocycles. The van der Waals surface area contributed by atoms with E-state index in [2.05, 4.69) is 15.0 Å². The smallest absolute Gasteiger partial charge is 0.249 e. The highest BCUT2D eigenvalue weighted by molar-refractivity contribution is 6.12. The zero-order chi connectivity index (χ0) is 11.3. The number of aliphatic hydroxyl groups is 1. The molecule has 1 rings (SSSR count). The zero-order valence-corrected chi connectivity index (χ0v) is 8.51. The predicted molar refractivity (Wildman–Crippen MR) is 56.2 cm³/mol. The van der Waals surface area contributed by atoms with E-state index in [0.29, 0.717) is 0 Å². The van der Waals surface area contributed by atoms with Gasteiger partial charge in [0.1, 0.15) is 5.76 Å². The van der Waals surface area contributed by atoms with Crippen LogP contribution < -0.4 is 0 Å². The van der Waals surface area contributed by atoms with E-state index in [1.165, 1.54) is 20.1 Å². The van der Waals surface area contributed by atoms with E-state index in [1.807, 2.05) is 0 Å². The Kier molecular flexibility index (Phi) is 3.68. The SMILES string of the molecule is CC(=O)C(/C=N/c1ncccn1)=C(\C)O. The van der Waals surface area contributed by atoms with E-state index >= 15 is 0 Å². The van der Waals surface area contributed by atoms with Gasteiger partial charge >= 0.3 is 0 Å². The molecule has 0 atom stereocenters. The van der Waals surface area contributed by atoms with Crippen molar-refractivity contribution in [1.29, 1.82) is 0 Å². The first-order valence-electron chi connectivity index (χ1n) is 4.33. The lowest BCUT2D eigenvalue weighted by molar-refractivity contribution is -0.113. The number of aliphatic imine (C=N–C) groups is 1. The molecule has 15 heavy (non-hydrogen) atoms. The van der Waals surface area contributed by atoms with E-state index in [0.717, 1.165) is 0 Å². The number of hydrogen-bond acceptors (Lipinski definition) is 5. The quantitative estimate of drug-likeness (QED) is 0.462. The Hall–Kier alpha value is -2.04. The minimum absolute atomic E-state index is 0.0674. The van der Waals surface area contributed by atoms with Crippen LogP contribution in [-0.2, 0) is 4.79 Å². The van der Waals surface area contributed by atoms with Gasteiger partial charge in [-0.25, -0.2) is 15.0 Å². The monoisotopic (exact) mass is 205 g/mol. The molecule has 0 bridgehead atoms. The molecule has 1 aromatic rings. The highest BCUT2D eigenvalue weighted by Crippen LogP contribution is 2.04. The molecule has 1 heterocycles. The van der Waals surface area contributed by atoms with E-state index in [4.69, 9.17) is 0 Å². The van der Waals surface area contributed by atoms with Gasteiger partial charge in [0.25, 0.3) is 0 Å². The lowest BCUT2D eigenvalue weighted by Gasteiger charge is -1.96. The maximum Gasteiger partial charge on any atom is 0.249 e. The van der Waals surface area contributed by atoms with Crippen molar-refractivity contribution in [2.45, 2.75) is 13.8 Å². The molecule has 5 heteroatoms. The fourth-order valence-corrected chi connectivity index (χ4v) is 0.919. The number of aromatic nitrogens is 2. The summed E-state index contributed by atoms with van der Waals surface area (Å²) in [5, 5.41) is 9.19. The van der Waals surface area contributed by atoms with Gasteiger partial charge in [0, 0.05) is 18.6 Å². The molecule has 1 N–H and O–H groups in total. The summed E-state index contributed by atoms with van der Waals surface area (Å²) in [4.78, 5) is 22.6. The molecular formula is C10H11N3O2. The third kappa shape index (κ3) is 3.30. The first-order chi connectivity index (χ1) is 7.11. The molecule has 0 radical (unpaired) electrons. The van der Waals surface area contributed by atoms with Gasteiger partial charge in [-0.1, -0.05) is 0 Å². The normalized spacial score (nSPS) is 12.7. The van der Waals surface area contributed by atoms with Crippen LogP contribution in [0, 0.1) is 0 Å². The number of nitrogens with zero attached hydrogens (tertiary/aromatic N) is 3. The van der Waals surface area contributed by atoms with Gasteiger partial charge in [0.2, 0.25) is 5.95 Å². The minimum Gasteiger partial charge on any atom is -0.512 e. The summed E-state index contributed by atoms with van der Waals surface area (Å²) < 4.78 is 0. The molecule has 1 aromatic heterocycles. The van der Waals surface area contributed by atoms with E-state index < -0.39 is 0 Å². The second-order valence-corrected chi connectivity index (χ2v) is 2.86. The Morgan fingerprint density at radius 1 is 1.40 bits per heavy atom. The number of carbonyl (C=O) groups is 1. The number of Topliss-reactive ketones (excluding diaryl/α,β-unsaturated/α-hetero) is 1. The summed E-state index contributed by atoms with van der Waals surface area (Å²) in [6.45, 7) is 2.78. The molecular weight excluding hydrogens is 194 g/mol. The van der Waals surface area contributed by atoms with Gasteiger partial charge in [-0.2, -0.15) is 0 Å². The van der Waals surface area contributed by atoms with Gasteiger partial charge < -0.3 is 5.11 Å². The van der Waals surface area contributed by atoms with Crippen molar-refractivity contribution in [2.24, 2.45) is 4.99 Å². The Balaban J connectivity index is 2.90. The van der Waals surface area contributed by atoms with Crippen LogP contribution in [0.3, 0.4) is 0 Å². The molecule has 0 aliphatic heterocycles. The highest BCUT2D eigenvalue weighted by atomic mass is 16.3. The van der Waals surface area contributed by atoms with Gasteiger partial charge in [0.15, 0.2) is 5.78 Å². The zero-order valence-electron chi connectivity index (χ0n) is 8.51. The van der Waals surface area contributed by atoms with Gasteiger partial charge in [-0.05, 0) is 19.9 Å². The molecule has 0 aliphatic carbocycles. The minimum atomic E-state index is -0.255. The maximum atomic E-state index is 11.1. The predicted octanol–water partition coefficient (Wildman–Crippen LogP) is 1.60. The average Bonchev–Trinajstić information content (AvgIpc) is 2.18. The average molecular weight is 205 g/mol. The van der Waals surface area contributed by atoms with Crippen LogP contribution in [-0.4, -0.2) is 27.1 Å². The molecule has 0 saturated carbocycles. The third-order valence-corrected chi connectivity index (χ3v) is 1.63. The fourth-order valence-electron chi connectivity index (χ4n) is 0.919. The lowest BCUT2D eigenvalue weighted by Crippen LogP contribution is -2.01. The van der Waals surface area contributed by atoms with Gasteiger partial charge in [-0.3, -0.25) is 4.79 Å². The van der Waals surface area contributed by atoms with E-state index in [9.17, 15) is 9.90 Å². The molecule has 78 valence electrons. The second-order valence-electron chi connectivity index (χ2n) is 2.86. The van der Waals surface area contributed by atoms with Gasteiger partial charge in [0.05, 0.1) is 5.57 Å². The Labute approximate surface area is 87.2 Å². The topological polar surface area (TPSA) is 75.4 Å². The number of hydrogen-bond donors (Lipinski definition) is 1. The molecule has 0 aromatic carbocycles. The molecule has 0 aliphatic rings. The number of aliphatic hydroxyl groups excluding tert-OH is 1. The maximum absolute atomic E-state index is 11.1. The van der Waals surface area contributed by atoms with Crippen LogP contribution in [0.2, 0.25) is 0 Å². The molecule has 5 nitrogen and oxygen atoms in total. The number of rotatable bonds is 3. The summed E-state index contributed by atoms with van der Waals surface area (Å²) in [5.41, 5.74) is 0.155. The first kappa shape index (κ1) is 11.0. The van der Waals surface area contributed by atoms with Crippen molar-refractivity contribution in [3.8, 4) is 0 Å². The van der Waals surface area contributed by atoms with Crippen molar-refractivity contribution in [2.75, 3.05) is 0 Å². The number of carbonyl (C=O) groups excluding carboxylic acids is 1. The van der Waals surface area contributed by atoms with E-state index in [-0.39, 0.29) is 23.1 Å². The van der Waals surface area contributed by atoms with Crippen LogP contribution in [0.5, 0.6) is 0 Å². The van der Waals surface area contributed by atoms with Crippen molar-refractivity contribution in [3.63, 3.8) is 0 Å². The van der Waals surface area contributed by atoms with E-state index in [1.54, 1.807) is 18.5 Å². The van der Waals surface area contributed by atoms with Crippen LogP contribution >= 0.6 is 0 Å². The largest absolute Gasteiger partial charge is 0.512 e. The lowest BCUT2D eigenvalue weighted by atomic mass is 10.2.